The van der Waals surface area contributed by atoms with Crippen molar-refractivity contribution in [3.63, 3.8) is 0 Å². The number of halogens is 2. The third kappa shape index (κ3) is 2.90. The predicted octanol–water partition coefficient (Wildman–Crippen LogP) is 4.27. The number of nitrogens with zero attached hydrogens (tertiary/aromatic N) is 1. The minimum atomic E-state index is -0.522. The van der Waals surface area contributed by atoms with Gasteiger partial charge >= 0.3 is 0 Å². The average molecular weight is 300 g/mol. The largest absolute Gasteiger partial charge is 0.335 e. The first-order chi connectivity index (χ1) is 8.97. The van der Waals surface area contributed by atoms with E-state index in [0.29, 0.717) is 5.88 Å². The molecule has 1 aliphatic rings. The van der Waals surface area contributed by atoms with E-state index in [4.69, 9.17) is 23.2 Å². The van der Waals surface area contributed by atoms with Crippen LogP contribution in [0.3, 0.4) is 0 Å². The third-order valence-corrected chi connectivity index (χ3v) is 4.70. The molecule has 19 heavy (non-hydrogen) atoms. The van der Waals surface area contributed by atoms with Crippen LogP contribution in [-0.4, -0.2) is 23.2 Å². The molecule has 1 atom stereocenters. The van der Waals surface area contributed by atoms with Gasteiger partial charge in [-0.15, -0.1) is 11.6 Å². The van der Waals surface area contributed by atoms with Crippen LogP contribution >= 0.6 is 23.2 Å². The molecule has 0 N–H and O–H groups in total. The summed E-state index contributed by atoms with van der Waals surface area (Å²) in [5.74, 6) is 0.447. The molecule has 0 spiro atoms. The van der Waals surface area contributed by atoms with E-state index in [-0.39, 0.29) is 11.9 Å². The molecule has 2 nitrogen and oxygen atoms in total. The molecule has 0 saturated carbocycles. The Bertz CT molecular complexity index is 473. The molecule has 1 aromatic rings. The maximum atomic E-state index is 12.6. The van der Waals surface area contributed by atoms with Crippen LogP contribution in [0.15, 0.2) is 24.3 Å². The number of amides is 1. The summed E-state index contributed by atoms with van der Waals surface area (Å²) >= 11 is 12.2. The Hall–Kier alpha value is -0.730. The van der Waals surface area contributed by atoms with Crippen molar-refractivity contribution in [3.05, 3.63) is 34.9 Å². The highest BCUT2D eigenvalue weighted by Gasteiger charge is 2.38. The summed E-state index contributed by atoms with van der Waals surface area (Å²) < 4.78 is 0. The van der Waals surface area contributed by atoms with Gasteiger partial charge in [-0.05, 0) is 38.3 Å². The van der Waals surface area contributed by atoms with Crippen LogP contribution in [0.25, 0.3) is 0 Å². The van der Waals surface area contributed by atoms with Crippen molar-refractivity contribution in [3.8, 4) is 0 Å². The lowest BCUT2D eigenvalue weighted by atomic mass is 9.93. The zero-order chi connectivity index (χ0) is 14.0. The highest BCUT2D eigenvalue weighted by molar-refractivity contribution is 6.31. The second kappa shape index (κ2) is 5.72. The van der Waals surface area contributed by atoms with E-state index in [1.807, 2.05) is 43.0 Å². The Balaban J connectivity index is 2.28. The molecule has 1 amide bonds. The van der Waals surface area contributed by atoms with Gasteiger partial charge in [-0.25, -0.2) is 0 Å². The lowest BCUT2D eigenvalue weighted by molar-refractivity contribution is -0.140. The Morgan fingerprint density at radius 2 is 2.11 bits per heavy atom. The highest BCUT2D eigenvalue weighted by Crippen LogP contribution is 2.38. The van der Waals surface area contributed by atoms with E-state index in [9.17, 15) is 4.79 Å². The highest BCUT2D eigenvalue weighted by atomic mass is 35.5. The molecule has 1 heterocycles. The molecule has 1 aromatic carbocycles. The predicted molar refractivity (Wildman–Crippen MR) is 79.6 cm³/mol. The summed E-state index contributed by atoms with van der Waals surface area (Å²) in [4.78, 5) is 14.5. The molecule has 1 saturated heterocycles. The summed E-state index contributed by atoms with van der Waals surface area (Å²) in [6, 6.07) is 7.85. The molecule has 0 aromatic heterocycles. The van der Waals surface area contributed by atoms with Crippen LogP contribution in [-0.2, 0) is 4.79 Å². The number of hydrogen-bond acceptors (Lipinski definition) is 1. The maximum Gasteiger partial charge on any atom is 0.229 e. The van der Waals surface area contributed by atoms with Crippen molar-refractivity contribution in [2.24, 2.45) is 5.41 Å². The topological polar surface area (TPSA) is 20.3 Å². The van der Waals surface area contributed by atoms with Crippen molar-refractivity contribution < 1.29 is 4.79 Å². The van der Waals surface area contributed by atoms with Crippen molar-refractivity contribution in [1.29, 1.82) is 0 Å². The molecule has 2 rings (SSSR count). The number of carbonyl (C=O) groups is 1. The van der Waals surface area contributed by atoms with Gasteiger partial charge in [0.1, 0.15) is 0 Å². The van der Waals surface area contributed by atoms with Gasteiger partial charge in [0.25, 0.3) is 0 Å². The van der Waals surface area contributed by atoms with Gasteiger partial charge in [0.05, 0.1) is 11.5 Å². The number of alkyl halides is 1. The fourth-order valence-corrected chi connectivity index (χ4v) is 2.90. The maximum absolute atomic E-state index is 12.6. The third-order valence-electron chi connectivity index (χ3n) is 3.69. The van der Waals surface area contributed by atoms with E-state index in [2.05, 4.69) is 0 Å². The van der Waals surface area contributed by atoms with E-state index in [1.165, 1.54) is 0 Å². The van der Waals surface area contributed by atoms with E-state index in [0.717, 1.165) is 30.0 Å². The minimum absolute atomic E-state index is 0.0868. The fourth-order valence-electron chi connectivity index (χ4n) is 2.52. The summed E-state index contributed by atoms with van der Waals surface area (Å²) in [5.41, 5.74) is 0.520. The summed E-state index contributed by atoms with van der Waals surface area (Å²) in [6.45, 7) is 4.57. The van der Waals surface area contributed by atoms with Crippen LogP contribution in [0.4, 0.5) is 0 Å². The average Bonchev–Trinajstić information content (AvgIpc) is 2.87. The van der Waals surface area contributed by atoms with Crippen LogP contribution < -0.4 is 0 Å². The molecule has 1 fully saturated rings. The molecule has 1 aliphatic heterocycles. The van der Waals surface area contributed by atoms with Gasteiger partial charge in [-0.1, -0.05) is 29.8 Å². The first kappa shape index (κ1) is 14.7. The van der Waals surface area contributed by atoms with Crippen LogP contribution in [0.5, 0.6) is 0 Å². The van der Waals surface area contributed by atoms with Gasteiger partial charge in [0.15, 0.2) is 0 Å². The monoisotopic (exact) mass is 299 g/mol. The summed E-state index contributed by atoms with van der Waals surface area (Å²) in [5, 5.41) is 0.732. The van der Waals surface area contributed by atoms with E-state index in [1.54, 1.807) is 0 Å². The second-order valence-electron chi connectivity index (χ2n) is 5.70. The smallest absolute Gasteiger partial charge is 0.229 e. The van der Waals surface area contributed by atoms with Crippen molar-refractivity contribution in [2.45, 2.75) is 32.7 Å². The zero-order valence-electron chi connectivity index (χ0n) is 11.3. The van der Waals surface area contributed by atoms with Crippen LogP contribution in [0.2, 0.25) is 5.02 Å². The van der Waals surface area contributed by atoms with Gasteiger partial charge in [-0.2, -0.15) is 0 Å². The Kier molecular flexibility index (Phi) is 4.42. The van der Waals surface area contributed by atoms with Gasteiger partial charge < -0.3 is 4.90 Å². The molecular formula is C15H19Cl2NO. The normalized spacial score (nSPS) is 19.8. The van der Waals surface area contributed by atoms with Crippen molar-refractivity contribution >= 4 is 29.1 Å². The minimum Gasteiger partial charge on any atom is -0.335 e. The van der Waals surface area contributed by atoms with Crippen molar-refractivity contribution in [1.82, 2.24) is 4.90 Å². The van der Waals surface area contributed by atoms with Gasteiger partial charge in [0, 0.05) is 17.4 Å². The Morgan fingerprint density at radius 1 is 1.42 bits per heavy atom. The fraction of sp³-hybridized carbons (Fsp3) is 0.533. The van der Waals surface area contributed by atoms with Gasteiger partial charge in [0.2, 0.25) is 5.91 Å². The standard InChI is InChI=1S/C15H19Cl2NO/c1-15(2,10-16)14(19)18-9-5-8-13(18)11-6-3-4-7-12(11)17/h3-4,6-7,13H,5,8-10H2,1-2H3. The summed E-state index contributed by atoms with van der Waals surface area (Å²) in [7, 11) is 0. The van der Waals surface area contributed by atoms with E-state index >= 15 is 0 Å². The van der Waals surface area contributed by atoms with E-state index < -0.39 is 5.41 Å². The summed E-state index contributed by atoms with van der Waals surface area (Å²) in [6.07, 6.45) is 1.98. The molecular weight excluding hydrogens is 281 g/mol. The SMILES string of the molecule is CC(C)(CCl)C(=O)N1CCCC1c1ccccc1Cl. The second-order valence-corrected chi connectivity index (χ2v) is 6.37. The number of carbonyl (C=O) groups excluding carboxylic acids is 1. The first-order valence-electron chi connectivity index (χ1n) is 6.59. The molecule has 4 heteroatoms. The lowest BCUT2D eigenvalue weighted by Gasteiger charge is -2.32. The van der Waals surface area contributed by atoms with Gasteiger partial charge in [-0.3, -0.25) is 4.79 Å². The van der Waals surface area contributed by atoms with Crippen LogP contribution in [0.1, 0.15) is 38.3 Å². The van der Waals surface area contributed by atoms with Crippen LogP contribution in [0, 0.1) is 5.41 Å². The molecule has 1 unspecified atom stereocenters. The Labute approximate surface area is 124 Å². The molecule has 0 radical (unpaired) electrons. The number of rotatable bonds is 3. The Morgan fingerprint density at radius 3 is 2.74 bits per heavy atom. The molecule has 104 valence electrons. The first-order valence-corrected chi connectivity index (χ1v) is 7.50. The lowest BCUT2D eigenvalue weighted by Crippen LogP contribution is -2.41. The molecule has 0 bridgehead atoms. The van der Waals surface area contributed by atoms with Crippen molar-refractivity contribution in [2.75, 3.05) is 12.4 Å². The molecule has 0 aliphatic carbocycles. The number of likely N-dealkylation sites (tertiary alicyclic amines) is 1. The number of hydrogen-bond donors (Lipinski definition) is 0. The number of benzene rings is 1. The quantitative estimate of drug-likeness (QED) is 0.763. The zero-order valence-corrected chi connectivity index (χ0v) is 12.8.